The van der Waals surface area contributed by atoms with Crippen molar-refractivity contribution < 1.29 is 4.52 Å². The number of rotatable bonds is 3. The minimum Gasteiger partial charge on any atom is -0.339 e. The predicted octanol–water partition coefficient (Wildman–Crippen LogP) is 1.16. The molecule has 0 fully saturated rings. The van der Waals surface area contributed by atoms with Crippen LogP contribution in [0.4, 0.5) is 0 Å². The van der Waals surface area contributed by atoms with E-state index >= 15 is 0 Å². The molecule has 1 heterocycles. The highest BCUT2D eigenvalue weighted by Crippen LogP contribution is 2.22. The maximum Gasteiger partial charge on any atom is 0.360 e. The average molecular weight is 198 g/mol. The molecule has 1 aromatic heterocycles. The smallest absolute Gasteiger partial charge is 0.339 e. The summed E-state index contributed by atoms with van der Waals surface area (Å²) >= 11 is 0. The molecule has 0 aliphatic heterocycles. The third-order valence-electron chi connectivity index (χ3n) is 2.17. The van der Waals surface area contributed by atoms with Gasteiger partial charge in [0.15, 0.2) is 0 Å². The molecule has 0 spiro atoms. The monoisotopic (exact) mass is 198 g/mol. The van der Waals surface area contributed by atoms with Crippen LogP contribution in [0.2, 0.25) is 0 Å². The molecule has 3 N–H and O–H groups in total. The van der Waals surface area contributed by atoms with E-state index in [2.05, 4.69) is 5.16 Å². The van der Waals surface area contributed by atoms with E-state index in [1.165, 1.54) is 0 Å². The number of hydrogen-bond acceptors (Lipinski definition) is 3. The summed E-state index contributed by atoms with van der Waals surface area (Å²) < 4.78 is 4.80. The minimum atomic E-state index is -0.261. The zero-order valence-electron chi connectivity index (χ0n) is 9.02. The normalized spacial score (nSPS) is 12.0. The lowest BCUT2D eigenvalue weighted by molar-refractivity contribution is 0.370. The average Bonchev–Trinajstić information content (AvgIpc) is 2.42. The number of nitrogens with one attached hydrogen (secondary N) is 1. The second-order valence-corrected chi connectivity index (χ2v) is 4.49. The summed E-state index contributed by atoms with van der Waals surface area (Å²) in [5, 5.41) is 2.69. The van der Waals surface area contributed by atoms with Crippen LogP contribution in [0.15, 0.2) is 9.32 Å². The van der Waals surface area contributed by atoms with Crippen molar-refractivity contribution in [3.05, 3.63) is 21.7 Å². The number of H-pyrrole nitrogens is 1. The lowest BCUT2D eigenvalue weighted by Crippen LogP contribution is -2.17. The quantitative estimate of drug-likeness (QED) is 0.765. The molecule has 1 aromatic rings. The van der Waals surface area contributed by atoms with Crippen molar-refractivity contribution in [2.75, 3.05) is 6.54 Å². The number of nitrogens with two attached hydrogens (primary N) is 1. The fourth-order valence-corrected chi connectivity index (χ4v) is 1.43. The standard InChI is InChI=1S/C10H18N2O2/c1-10(2,3)8-7(5-4-6-11)9(13)14-12-8/h12H,4-6,11H2,1-3H3. The molecule has 0 amide bonds. The largest absolute Gasteiger partial charge is 0.360 e. The summed E-state index contributed by atoms with van der Waals surface area (Å²) in [6.07, 6.45) is 1.50. The van der Waals surface area contributed by atoms with Gasteiger partial charge in [-0.25, -0.2) is 9.95 Å². The highest BCUT2D eigenvalue weighted by atomic mass is 16.5. The van der Waals surface area contributed by atoms with E-state index in [4.69, 9.17) is 10.3 Å². The Morgan fingerprint density at radius 1 is 1.43 bits per heavy atom. The second kappa shape index (κ2) is 4.00. The number of aromatic nitrogens is 1. The van der Waals surface area contributed by atoms with Crippen LogP contribution in [0.1, 0.15) is 38.4 Å². The summed E-state index contributed by atoms with van der Waals surface area (Å²) in [5.41, 5.74) is 6.69. The van der Waals surface area contributed by atoms with Gasteiger partial charge in [-0.2, -0.15) is 0 Å². The molecule has 0 aliphatic rings. The SMILES string of the molecule is CC(C)(C)c1[nH]oc(=O)c1CCCN. The van der Waals surface area contributed by atoms with Crippen molar-refractivity contribution in [1.82, 2.24) is 5.16 Å². The van der Waals surface area contributed by atoms with Gasteiger partial charge >= 0.3 is 5.63 Å². The van der Waals surface area contributed by atoms with E-state index < -0.39 is 0 Å². The van der Waals surface area contributed by atoms with Crippen molar-refractivity contribution in [3.8, 4) is 0 Å². The summed E-state index contributed by atoms with van der Waals surface area (Å²) in [4.78, 5) is 11.4. The first-order chi connectivity index (χ1) is 6.46. The zero-order valence-corrected chi connectivity index (χ0v) is 9.02. The van der Waals surface area contributed by atoms with Gasteiger partial charge in [-0.3, -0.25) is 0 Å². The van der Waals surface area contributed by atoms with Gasteiger partial charge in [0.2, 0.25) is 0 Å². The Morgan fingerprint density at radius 2 is 2.07 bits per heavy atom. The van der Waals surface area contributed by atoms with Crippen LogP contribution in [0, 0.1) is 0 Å². The van der Waals surface area contributed by atoms with Gasteiger partial charge in [0.1, 0.15) is 0 Å². The molecule has 0 aliphatic carbocycles. The van der Waals surface area contributed by atoms with E-state index in [-0.39, 0.29) is 11.0 Å². The molecule has 80 valence electrons. The van der Waals surface area contributed by atoms with Crippen molar-refractivity contribution in [2.24, 2.45) is 5.73 Å². The molecule has 0 radical (unpaired) electrons. The maximum absolute atomic E-state index is 11.4. The van der Waals surface area contributed by atoms with Crippen molar-refractivity contribution >= 4 is 0 Å². The lowest BCUT2D eigenvalue weighted by Gasteiger charge is -2.16. The molecule has 0 aromatic carbocycles. The van der Waals surface area contributed by atoms with Gasteiger partial charge in [-0.1, -0.05) is 20.8 Å². The van der Waals surface area contributed by atoms with E-state index in [0.29, 0.717) is 13.0 Å². The Kier molecular flexibility index (Phi) is 3.16. The Morgan fingerprint density at radius 3 is 2.57 bits per heavy atom. The van der Waals surface area contributed by atoms with Gasteiger partial charge < -0.3 is 10.3 Å². The molecule has 4 nitrogen and oxygen atoms in total. The molecule has 0 atom stereocenters. The first-order valence-electron chi connectivity index (χ1n) is 4.87. The van der Waals surface area contributed by atoms with Crippen molar-refractivity contribution in [2.45, 2.75) is 39.0 Å². The summed E-state index contributed by atoms with van der Waals surface area (Å²) in [6.45, 7) is 6.72. The summed E-state index contributed by atoms with van der Waals surface area (Å²) in [7, 11) is 0. The molecule has 14 heavy (non-hydrogen) atoms. The van der Waals surface area contributed by atoms with E-state index in [9.17, 15) is 4.79 Å². The topological polar surface area (TPSA) is 72.0 Å². The third kappa shape index (κ3) is 2.26. The van der Waals surface area contributed by atoms with Crippen LogP contribution < -0.4 is 11.4 Å². The number of hydrogen-bond donors (Lipinski definition) is 2. The predicted molar refractivity (Wildman–Crippen MR) is 55.4 cm³/mol. The lowest BCUT2D eigenvalue weighted by atomic mass is 9.88. The fourth-order valence-electron chi connectivity index (χ4n) is 1.43. The first-order valence-corrected chi connectivity index (χ1v) is 4.87. The maximum atomic E-state index is 11.4. The molecular weight excluding hydrogens is 180 g/mol. The number of aromatic amines is 1. The van der Waals surface area contributed by atoms with Gasteiger partial charge in [0.25, 0.3) is 0 Å². The Labute approximate surface area is 83.5 Å². The van der Waals surface area contributed by atoms with E-state index in [0.717, 1.165) is 17.7 Å². The van der Waals surface area contributed by atoms with Crippen LogP contribution in [-0.2, 0) is 11.8 Å². The van der Waals surface area contributed by atoms with E-state index in [1.54, 1.807) is 0 Å². The Bertz CT molecular complexity index is 344. The third-order valence-corrected chi connectivity index (χ3v) is 2.17. The molecule has 0 bridgehead atoms. The van der Waals surface area contributed by atoms with Crippen molar-refractivity contribution in [1.29, 1.82) is 0 Å². The van der Waals surface area contributed by atoms with Crippen molar-refractivity contribution in [3.63, 3.8) is 0 Å². The summed E-state index contributed by atoms with van der Waals surface area (Å²) in [5.74, 6) is 0. The molecule has 0 saturated carbocycles. The van der Waals surface area contributed by atoms with E-state index in [1.807, 2.05) is 20.8 Å². The summed E-state index contributed by atoms with van der Waals surface area (Å²) in [6, 6.07) is 0. The van der Waals surface area contributed by atoms with Crippen LogP contribution in [0.3, 0.4) is 0 Å². The molecular formula is C10H18N2O2. The van der Waals surface area contributed by atoms with Crippen LogP contribution in [0.25, 0.3) is 0 Å². The molecule has 0 unspecified atom stereocenters. The first kappa shape index (κ1) is 11.0. The van der Waals surface area contributed by atoms with Crippen LogP contribution in [-0.4, -0.2) is 11.7 Å². The highest BCUT2D eigenvalue weighted by Gasteiger charge is 2.23. The molecule has 4 heteroatoms. The molecule has 1 rings (SSSR count). The minimum absolute atomic E-state index is 0.0872. The Hall–Kier alpha value is -1.03. The van der Waals surface area contributed by atoms with Gasteiger partial charge in [0, 0.05) is 5.41 Å². The van der Waals surface area contributed by atoms with Gasteiger partial charge in [-0.15, -0.1) is 0 Å². The fraction of sp³-hybridized carbons (Fsp3) is 0.700. The van der Waals surface area contributed by atoms with Gasteiger partial charge in [-0.05, 0) is 19.4 Å². The Balaban J connectivity index is 3.01. The zero-order chi connectivity index (χ0) is 10.8. The highest BCUT2D eigenvalue weighted by molar-refractivity contribution is 5.22. The van der Waals surface area contributed by atoms with Crippen LogP contribution in [0.5, 0.6) is 0 Å². The second-order valence-electron chi connectivity index (χ2n) is 4.49. The van der Waals surface area contributed by atoms with Crippen LogP contribution >= 0.6 is 0 Å². The molecule has 0 saturated heterocycles. The van der Waals surface area contributed by atoms with Gasteiger partial charge in [0.05, 0.1) is 11.3 Å².